The van der Waals surface area contributed by atoms with E-state index in [1.807, 2.05) is 0 Å². The van der Waals surface area contributed by atoms with Crippen molar-refractivity contribution in [2.75, 3.05) is 24.6 Å². The Balaban J connectivity index is 3.69. The SMILES string of the molecule is CCCCCCCCCCCCCCCCNC(CSSC[C@H](NCCCCCCCCCCCCCCCC)C(=O)O)C(=O)O. The zero-order valence-corrected chi connectivity index (χ0v) is 31.9. The largest absolute Gasteiger partial charge is 0.480 e. The quantitative estimate of drug-likeness (QED) is 0.0374. The lowest BCUT2D eigenvalue weighted by atomic mass is 10.0. The molecule has 0 radical (unpaired) electrons. The summed E-state index contributed by atoms with van der Waals surface area (Å²) in [6.45, 7) is 5.98. The van der Waals surface area contributed by atoms with Crippen molar-refractivity contribution in [3.05, 3.63) is 0 Å². The van der Waals surface area contributed by atoms with Crippen LogP contribution in [0.25, 0.3) is 0 Å². The summed E-state index contributed by atoms with van der Waals surface area (Å²) in [5.41, 5.74) is 0. The predicted octanol–water partition coefficient (Wildman–Crippen LogP) is 11.4. The van der Waals surface area contributed by atoms with Crippen molar-refractivity contribution in [1.82, 2.24) is 10.6 Å². The number of unbranched alkanes of at least 4 members (excludes halogenated alkanes) is 26. The molecule has 0 aromatic carbocycles. The summed E-state index contributed by atoms with van der Waals surface area (Å²) in [5, 5.41) is 25.6. The summed E-state index contributed by atoms with van der Waals surface area (Å²) in [5.74, 6) is -0.790. The van der Waals surface area contributed by atoms with E-state index in [9.17, 15) is 19.8 Å². The van der Waals surface area contributed by atoms with Gasteiger partial charge in [0.15, 0.2) is 0 Å². The third-order valence-electron chi connectivity index (χ3n) is 8.99. The molecule has 0 aliphatic carbocycles. The molecular weight excluding hydrogens is 613 g/mol. The molecule has 0 amide bonds. The van der Waals surface area contributed by atoms with Crippen LogP contribution in [0.4, 0.5) is 0 Å². The topological polar surface area (TPSA) is 98.7 Å². The van der Waals surface area contributed by atoms with E-state index in [4.69, 9.17) is 0 Å². The molecule has 1 unspecified atom stereocenters. The minimum absolute atomic E-state index is 0.434. The van der Waals surface area contributed by atoms with Crippen LogP contribution in [0.2, 0.25) is 0 Å². The number of carbonyl (C=O) groups is 2. The molecule has 6 nitrogen and oxygen atoms in total. The van der Waals surface area contributed by atoms with Crippen molar-refractivity contribution < 1.29 is 19.8 Å². The molecule has 0 aromatic rings. The van der Waals surface area contributed by atoms with Crippen molar-refractivity contribution in [3.63, 3.8) is 0 Å². The minimum atomic E-state index is -0.829. The van der Waals surface area contributed by atoms with Gasteiger partial charge in [-0.3, -0.25) is 9.59 Å². The van der Waals surface area contributed by atoms with Crippen molar-refractivity contribution in [2.45, 2.75) is 206 Å². The van der Waals surface area contributed by atoms with Crippen LogP contribution in [0.5, 0.6) is 0 Å². The molecule has 4 N–H and O–H groups in total. The van der Waals surface area contributed by atoms with Crippen molar-refractivity contribution in [3.8, 4) is 0 Å². The molecule has 0 saturated carbocycles. The summed E-state index contributed by atoms with van der Waals surface area (Å²) in [7, 11) is 2.91. The van der Waals surface area contributed by atoms with Gasteiger partial charge in [-0.05, 0) is 25.9 Å². The van der Waals surface area contributed by atoms with Gasteiger partial charge >= 0.3 is 11.9 Å². The lowest BCUT2D eigenvalue weighted by molar-refractivity contribution is -0.139. The molecule has 8 heteroatoms. The lowest BCUT2D eigenvalue weighted by Crippen LogP contribution is -2.40. The van der Waals surface area contributed by atoms with Gasteiger partial charge in [-0.1, -0.05) is 202 Å². The third kappa shape index (κ3) is 33.5. The second-order valence-electron chi connectivity index (χ2n) is 13.5. The molecule has 0 saturated heterocycles. The monoisotopic (exact) mass is 689 g/mol. The van der Waals surface area contributed by atoms with E-state index in [1.165, 1.54) is 176 Å². The second kappa shape index (κ2) is 37.4. The third-order valence-corrected chi connectivity index (χ3v) is 11.4. The van der Waals surface area contributed by atoms with Gasteiger partial charge in [0.05, 0.1) is 0 Å². The van der Waals surface area contributed by atoms with Crippen LogP contribution in [0.3, 0.4) is 0 Å². The fourth-order valence-corrected chi connectivity index (χ4v) is 8.24. The first-order valence-electron chi connectivity index (χ1n) is 19.7. The van der Waals surface area contributed by atoms with Gasteiger partial charge in [0.2, 0.25) is 0 Å². The molecular formula is C38H76N2O4S2. The highest BCUT2D eigenvalue weighted by Gasteiger charge is 2.19. The number of carboxylic acid groups (broad SMARTS) is 2. The normalized spacial score (nSPS) is 12.8. The van der Waals surface area contributed by atoms with Gasteiger partial charge in [-0.15, -0.1) is 0 Å². The number of aliphatic carboxylic acids is 2. The number of hydrogen-bond donors (Lipinski definition) is 4. The molecule has 0 aliphatic rings. The van der Waals surface area contributed by atoms with E-state index in [1.54, 1.807) is 0 Å². The summed E-state index contributed by atoms with van der Waals surface area (Å²) >= 11 is 0. The highest BCUT2D eigenvalue weighted by Crippen LogP contribution is 2.23. The molecule has 0 aliphatic heterocycles. The predicted molar refractivity (Wildman–Crippen MR) is 204 cm³/mol. The Kier molecular flexibility index (Phi) is 37.0. The molecule has 0 aromatic heterocycles. The van der Waals surface area contributed by atoms with Crippen LogP contribution in [0.15, 0.2) is 0 Å². The molecule has 0 spiro atoms. The van der Waals surface area contributed by atoms with E-state index in [2.05, 4.69) is 24.5 Å². The average Bonchev–Trinajstić information content (AvgIpc) is 3.04. The van der Waals surface area contributed by atoms with Gasteiger partial charge in [0, 0.05) is 11.5 Å². The molecule has 2 atom stereocenters. The van der Waals surface area contributed by atoms with Crippen LogP contribution in [-0.4, -0.2) is 58.8 Å². The van der Waals surface area contributed by atoms with E-state index in [0.717, 1.165) is 38.8 Å². The fraction of sp³-hybridized carbons (Fsp3) is 0.947. The van der Waals surface area contributed by atoms with Crippen LogP contribution in [-0.2, 0) is 9.59 Å². The van der Waals surface area contributed by atoms with Gasteiger partial charge in [0.25, 0.3) is 0 Å². The lowest BCUT2D eigenvalue weighted by Gasteiger charge is -2.16. The minimum Gasteiger partial charge on any atom is -0.480 e. The summed E-state index contributed by atoms with van der Waals surface area (Å²) in [6, 6.07) is -1.18. The number of hydrogen-bond acceptors (Lipinski definition) is 6. The van der Waals surface area contributed by atoms with E-state index < -0.39 is 24.0 Å². The summed E-state index contributed by atoms with van der Waals surface area (Å²) in [4.78, 5) is 23.4. The zero-order valence-electron chi connectivity index (χ0n) is 30.3. The summed E-state index contributed by atoms with van der Waals surface area (Å²) in [6.07, 6.45) is 36.8. The highest BCUT2D eigenvalue weighted by molar-refractivity contribution is 8.76. The average molecular weight is 689 g/mol. The smallest absolute Gasteiger partial charge is 0.321 e. The molecule has 0 rings (SSSR count). The van der Waals surface area contributed by atoms with Crippen LogP contribution in [0, 0.1) is 0 Å². The number of nitrogens with one attached hydrogen (secondary N) is 2. The van der Waals surface area contributed by atoms with Crippen LogP contribution in [0.1, 0.15) is 194 Å². The maximum Gasteiger partial charge on any atom is 0.321 e. The van der Waals surface area contributed by atoms with Gasteiger partial charge in [-0.2, -0.15) is 0 Å². The Labute approximate surface area is 293 Å². The van der Waals surface area contributed by atoms with Gasteiger partial charge in [-0.25, -0.2) is 0 Å². The molecule has 0 fully saturated rings. The van der Waals surface area contributed by atoms with Gasteiger partial charge < -0.3 is 20.8 Å². The maximum absolute atomic E-state index is 11.7. The van der Waals surface area contributed by atoms with Crippen molar-refractivity contribution in [1.29, 1.82) is 0 Å². The Morgan fingerprint density at radius 2 is 0.630 bits per heavy atom. The highest BCUT2D eigenvalue weighted by atomic mass is 33.1. The first kappa shape index (κ1) is 45.6. The van der Waals surface area contributed by atoms with Crippen molar-refractivity contribution in [2.24, 2.45) is 0 Å². The van der Waals surface area contributed by atoms with E-state index >= 15 is 0 Å². The Morgan fingerprint density at radius 1 is 0.413 bits per heavy atom. The number of carboxylic acids is 2. The first-order valence-corrected chi connectivity index (χ1v) is 22.2. The van der Waals surface area contributed by atoms with Crippen LogP contribution < -0.4 is 10.6 Å². The Morgan fingerprint density at radius 3 is 0.848 bits per heavy atom. The molecule has 46 heavy (non-hydrogen) atoms. The molecule has 0 heterocycles. The van der Waals surface area contributed by atoms with Crippen molar-refractivity contribution >= 4 is 33.5 Å². The zero-order chi connectivity index (χ0) is 33.8. The Hall–Kier alpha value is -0.440. The Bertz CT molecular complexity index is 602. The van der Waals surface area contributed by atoms with Gasteiger partial charge in [0.1, 0.15) is 12.1 Å². The molecule has 0 bridgehead atoms. The van der Waals surface area contributed by atoms with Crippen LogP contribution >= 0.6 is 21.6 Å². The molecule has 274 valence electrons. The van der Waals surface area contributed by atoms with E-state index in [0.29, 0.717) is 11.5 Å². The fourth-order valence-electron chi connectivity index (χ4n) is 5.86. The maximum atomic E-state index is 11.7. The number of rotatable bonds is 39. The first-order chi connectivity index (χ1) is 22.5. The second-order valence-corrected chi connectivity index (χ2v) is 16.0. The standard InChI is InChI=1S/C38H76N2O4S2/c1-3-5-7-9-11-13-15-17-19-21-23-25-27-29-31-39-35(37(41)42)33-45-46-34-36(38(43)44)40-32-30-28-26-24-22-20-18-16-14-12-10-8-6-4-2/h35-36,39-40H,3-34H2,1-2H3,(H,41,42)(H,43,44)/t35-,36?/m0/s1. The summed E-state index contributed by atoms with van der Waals surface area (Å²) < 4.78 is 0. The van der Waals surface area contributed by atoms with E-state index in [-0.39, 0.29) is 0 Å².